The maximum atomic E-state index is 14.1. The van der Waals surface area contributed by atoms with Gasteiger partial charge in [0.25, 0.3) is 10.0 Å². The van der Waals surface area contributed by atoms with E-state index in [4.69, 9.17) is 11.6 Å². The SMILES string of the molecule is CC[C@@H](C)NC(=O)[C@H](C)N(Cc1ccccc1C)C(=O)CN(c1cc(Cl)ccc1C)S(=O)(=O)c1ccc(C)cc1. The van der Waals surface area contributed by atoms with E-state index in [2.05, 4.69) is 5.32 Å². The van der Waals surface area contributed by atoms with E-state index in [9.17, 15) is 18.0 Å². The summed E-state index contributed by atoms with van der Waals surface area (Å²) >= 11 is 6.29. The molecule has 0 heterocycles. The zero-order valence-electron chi connectivity index (χ0n) is 23.9. The minimum Gasteiger partial charge on any atom is -0.352 e. The van der Waals surface area contributed by atoms with Gasteiger partial charge in [0, 0.05) is 17.6 Å². The molecule has 2 atom stereocenters. The molecular formula is C31H38ClN3O4S. The van der Waals surface area contributed by atoms with E-state index in [1.807, 2.05) is 52.0 Å². The molecule has 3 aromatic carbocycles. The molecule has 0 fully saturated rings. The Morgan fingerprint density at radius 3 is 2.20 bits per heavy atom. The topological polar surface area (TPSA) is 86.8 Å². The highest BCUT2D eigenvalue weighted by Crippen LogP contribution is 2.30. The number of amides is 2. The second kappa shape index (κ2) is 13.3. The Morgan fingerprint density at radius 2 is 1.57 bits per heavy atom. The van der Waals surface area contributed by atoms with Crippen LogP contribution < -0.4 is 9.62 Å². The molecule has 0 spiro atoms. The molecule has 9 heteroatoms. The first kappa shape index (κ1) is 31.2. The van der Waals surface area contributed by atoms with Crippen molar-refractivity contribution in [2.75, 3.05) is 10.8 Å². The molecule has 40 heavy (non-hydrogen) atoms. The molecular weight excluding hydrogens is 546 g/mol. The number of rotatable bonds is 11. The summed E-state index contributed by atoms with van der Waals surface area (Å²) in [6.45, 7) is 10.7. The predicted octanol–water partition coefficient (Wildman–Crippen LogP) is 5.79. The van der Waals surface area contributed by atoms with Crippen molar-refractivity contribution in [3.05, 3.63) is 94.0 Å². The number of aryl methyl sites for hydroxylation is 3. The first-order valence-corrected chi connectivity index (χ1v) is 15.2. The lowest BCUT2D eigenvalue weighted by molar-refractivity contribution is -0.139. The summed E-state index contributed by atoms with van der Waals surface area (Å²) in [7, 11) is -4.16. The van der Waals surface area contributed by atoms with Gasteiger partial charge in [0.2, 0.25) is 11.8 Å². The standard InChI is InChI=1S/C31H38ClN3O4S/c1-7-24(5)33-31(37)25(6)34(19-26-11-9-8-10-22(26)3)30(36)20-35(29-18-27(32)15-14-23(29)4)40(38,39)28-16-12-21(2)13-17-28/h8-18,24-25H,7,19-20H2,1-6H3,(H,33,37)/t24-,25+/m1/s1. The van der Waals surface area contributed by atoms with Gasteiger partial charge in [-0.15, -0.1) is 0 Å². The normalized spacial score (nSPS) is 12.9. The number of nitrogens with one attached hydrogen (secondary N) is 1. The average molecular weight is 584 g/mol. The van der Waals surface area contributed by atoms with Gasteiger partial charge in [-0.2, -0.15) is 0 Å². The van der Waals surface area contributed by atoms with E-state index in [-0.39, 0.29) is 23.4 Å². The first-order chi connectivity index (χ1) is 18.8. The van der Waals surface area contributed by atoms with Gasteiger partial charge in [-0.1, -0.05) is 66.6 Å². The summed E-state index contributed by atoms with van der Waals surface area (Å²) in [6.07, 6.45) is 0.737. The van der Waals surface area contributed by atoms with E-state index in [1.165, 1.54) is 17.0 Å². The van der Waals surface area contributed by atoms with Crippen LogP contribution in [0.25, 0.3) is 0 Å². The van der Waals surface area contributed by atoms with Crippen LogP contribution in [-0.2, 0) is 26.2 Å². The third-order valence-electron chi connectivity index (χ3n) is 7.10. The highest BCUT2D eigenvalue weighted by Gasteiger charge is 2.33. The van der Waals surface area contributed by atoms with Crippen LogP contribution in [0.15, 0.2) is 71.6 Å². The van der Waals surface area contributed by atoms with Crippen molar-refractivity contribution in [1.29, 1.82) is 0 Å². The van der Waals surface area contributed by atoms with Crippen LogP contribution in [-0.4, -0.2) is 43.8 Å². The number of halogens is 1. The summed E-state index contributed by atoms with van der Waals surface area (Å²) in [5.41, 5.74) is 3.68. The van der Waals surface area contributed by atoms with Crippen molar-refractivity contribution >= 4 is 39.1 Å². The molecule has 0 saturated heterocycles. The molecule has 214 valence electrons. The minimum absolute atomic E-state index is 0.0540. The van der Waals surface area contributed by atoms with Crippen LogP contribution in [0.4, 0.5) is 5.69 Å². The third-order valence-corrected chi connectivity index (χ3v) is 9.11. The van der Waals surface area contributed by atoms with Crippen molar-refractivity contribution in [3.63, 3.8) is 0 Å². The number of anilines is 1. The fourth-order valence-electron chi connectivity index (χ4n) is 4.22. The molecule has 0 aliphatic carbocycles. The molecule has 0 aliphatic heterocycles. The second-order valence-corrected chi connectivity index (χ2v) is 12.5. The maximum absolute atomic E-state index is 14.1. The smallest absolute Gasteiger partial charge is 0.264 e. The molecule has 0 unspecified atom stereocenters. The Morgan fingerprint density at radius 1 is 0.925 bits per heavy atom. The molecule has 0 saturated carbocycles. The molecule has 7 nitrogen and oxygen atoms in total. The van der Waals surface area contributed by atoms with Crippen LogP contribution in [0.1, 0.15) is 49.4 Å². The Labute approximate surface area is 243 Å². The van der Waals surface area contributed by atoms with Crippen molar-refractivity contribution in [2.24, 2.45) is 0 Å². The fourth-order valence-corrected chi connectivity index (χ4v) is 5.86. The monoisotopic (exact) mass is 583 g/mol. The molecule has 0 aromatic heterocycles. The molecule has 2 amide bonds. The Hall–Kier alpha value is -3.36. The summed E-state index contributed by atoms with van der Waals surface area (Å²) < 4.78 is 29.1. The highest BCUT2D eigenvalue weighted by molar-refractivity contribution is 7.92. The van der Waals surface area contributed by atoms with Crippen LogP contribution in [0, 0.1) is 20.8 Å². The van der Waals surface area contributed by atoms with Crippen LogP contribution in [0.5, 0.6) is 0 Å². The van der Waals surface area contributed by atoms with Gasteiger partial charge in [0.1, 0.15) is 12.6 Å². The fraction of sp³-hybridized carbons (Fsp3) is 0.355. The van der Waals surface area contributed by atoms with Crippen LogP contribution in [0.3, 0.4) is 0 Å². The Kier molecular flexibility index (Phi) is 10.4. The number of nitrogens with zero attached hydrogens (tertiary/aromatic N) is 2. The molecule has 1 N–H and O–H groups in total. The maximum Gasteiger partial charge on any atom is 0.264 e. The quantitative estimate of drug-likeness (QED) is 0.309. The number of sulfonamides is 1. The lowest BCUT2D eigenvalue weighted by Crippen LogP contribution is -2.52. The molecule has 3 rings (SSSR count). The van der Waals surface area contributed by atoms with Gasteiger partial charge in [0.05, 0.1) is 10.6 Å². The van der Waals surface area contributed by atoms with Gasteiger partial charge >= 0.3 is 0 Å². The van der Waals surface area contributed by atoms with Crippen molar-refractivity contribution in [1.82, 2.24) is 10.2 Å². The molecule has 3 aromatic rings. The summed E-state index contributed by atoms with van der Waals surface area (Å²) in [5, 5.41) is 3.29. The molecule has 0 bridgehead atoms. The number of benzene rings is 3. The zero-order valence-corrected chi connectivity index (χ0v) is 25.5. The lowest BCUT2D eigenvalue weighted by Gasteiger charge is -2.33. The predicted molar refractivity (Wildman–Crippen MR) is 161 cm³/mol. The molecule has 0 radical (unpaired) electrons. The zero-order chi connectivity index (χ0) is 29.6. The van der Waals surface area contributed by atoms with E-state index >= 15 is 0 Å². The van der Waals surface area contributed by atoms with Gasteiger partial charge in [0.15, 0.2) is 0 Å². The Balaban J connectivity index is 2.08. The van der Waals surface area contributed by atoms with E-state index < -0.39 is 28.5 Å². The van der Waals surface area contributed by atoms with Gasteiger partial charge < -0.3 is 10.2 Å². The van der Waals surface area contributed by atoms with E-state index in [1.54, 1.807) is 44.2 Å². The minimum atomic E-state index is -4.16. The van der Waals surface area contributed by atoms with Crippen molar-refractivity contribution < 1.29 is 18.0 Å². The Bertz CT molecular complexity index is 1460. The van der Waals surface area contributed by atoms with Crippen molar-refractivity contribution in [3.8, 4) is 0 Å². The highest BCUT2D eigenvalue weighted by atomic mass is 35.5. The average Bonchev–Trinajstić information content (AvgIpc) is 2.92. The summed E-state index contributed by atoms with van der Waals surface area (Å²) in [5.74, 6) is -0.812. The van der Waals surface area contributed by atoms with Gasteiger partial charge in [-0.3, -0.25) is 13.9 Å². The van der Waals surface area contributed by atoms with Gasteiger partial charge in [-0.25, -0.2) is 8.42 Å². The third kappa shape index (κ3) is 7.43. The lowest BCUT2D eigenvalue weighted by atomic mass is 10.1. The van der Waals surface area contributed by atoms with Crippen LogP contribution in [0.2, 0.25) is 5.02 Å². The van der Waals surface area contributed by atoms with Crippen LogP contribution >= 0.6 is 11.6 Å². The number of hydrogen-bond acceptors (Lipinski definition) is 4. The van der Waals surface area contributed by atoms with E-state index in [0.717, 1.165) is 27.4 Å². The summed E-state index contributed by atoms with van der Waals surface area (Å²) in [6, 6.07) is 18.1. The van der Waals surface area contributed by atoms with E-state index in [0.29, 0.717) is 16.3 Å². The first-order valence-electron chi connectivity index (χ1n) is 13.3. The number of carbonyl (C=O) groups is 2. The van der Waals surface area contributed by atoms with Gasteiger partial charge in [-0.05, 0) is 82.0 Å². The second-order valence-electron chi connectivity index (χ2n) is 10.2. The number of carbonyl (C=O) groups excluding carboxylic acids is 2. The number of hydrogen-bond donors (Lipinski definition) is 1. The molecule has 0 aliphatic rings. The van der Waals surface area contributed by atoms with Crippen molar-refractivity contribution in [2.45, 2.75) is 71.5 Å². The summed E-state index contributed by atoms with van der Waals surface area (Å²) in [4.78, 5) is 28.8. The largest absolute Gasteiger partial charge is 0.352 e.